The molecule has 3 N–H and O–H groups in total. The first-order chi connectivity index (χ1) is 9.83. The molecule has 0 aromatic heterocycles. The van der Waals surface area contributed by atoms with Crippen LogP contribution < -0.4 is 16.0 Å². The Labute approximate surface area is 136 Å². The molecule has 2 atom stereocenters. The number of methoxy groups -OCH3 is 1. The number of halogens is 1. The Hall–Kier alpha value is -0.620. The van der Waals surface area contributed by atoms with E-state index >= 15 is 0 Å². The molecule has 0 aliphatic rings. The largest absolute Gasteiger partial charge is 0.496 e. The number of hydrogen-bond donors (Lipinski definition) is 2. The molecule has 0 amide bonds. The second-order valence-electron chi connectivity index (χ2n) is 6.18. The van der Waals surface area contributed by atoms with Gasteiger partial charge in [0.05, 0.1) is 19.3 Å². The van der Waals surface area contributed by atoms with Gasteiger partial charge in [0, 0.05) is 11.1 Å². The number of nitrogens with one attached hydrogen (secondary N) is 1. The van der Waals surface area contributed by atoms with E-state index in [1.54, 1.807) is 7.11 Å². The van der Waals surface area contributed by atoms with Crippen LogP contribution in [0.3, 0.4) is 0 Å². The quantitative estimate of drug-likeness (QED) is 0.580. The fourth-order valence-electron chi connectivity index (χ4n) is 2.55. The summed E-state index contributed by atoms with van der Waals surface area (Å²) in [6.45, 7) is 9.16. The van der Waals surface area contributed by atoms with Crippen molar-refractivity contribution in [3.05, 3.63) is 28.2 Å². The summed E-state index contributed by atoms with van der Waals surface area (Å²) in [5.41, 5.74) is 4.01. The third-order valence-corrected chi connectivity index (χ3v) is 3.95. The second-order valence-corrected chi connectivity index (χ2v) is 7.09. The smallest absolute Gasteiger partial charge is 0.122 e. The van der Waals surface area contributed by atoms with Gasteiger partial charge in [-0.2, -0.15) is 0 Å². The second kappa shape index (κ2) is 8.13. The SMILES string of the molecule is CCOC(C(Cc1cc(Br)ccc1OC)NN)C(C)(C)C. The Balaban J connectivity index is 3.02. The molecule has 1 rings (SSSR count). The van der Waals surface area contributed by atoms with E-state index in [2.05, 4.69) is 48.2 Å². The monoisotopic (exact) mass is 358 g/mol. The van der Waals surface area contributed by atoms with Gasteiger partial charge in [0.2, 0.25) is 0 Å². The highest BCUT2D eigenvalue weighted by molar-refractivity contribution is 9.10. The van der Waals surface area contributed by atoms with Crippen LogP contribution in [-0.4, -0.2) is 25.9 Å². The van der Waals surface area contributed by atoms with E-state index in [4.69, 9.17) is 15.3 Å². The van der Waals surface area contributed by atoms with Gasteiger partial charge < -0.3 is 9.47 Å². The van der Waals surface area contributed by atoms with Gasteiger partial charge in [-0.15, -0.1) is 0 Å². The molecule has 21 heavy (non-hydrogen) atoms. The van der Waals surface area contributed by atoms with Gasteiger partial charge in [0.25, 0.3) is 0 Å². The topological polar surface area (TPSA) is 56.5 Å². The average molecular weight is 359 g/mol. The molecule has 0 radical (unpaired) electrons. The summed E-state index contributed by atoms with van der Waals surface area (Å²) >= 11 is 3.51. The predicted octanol–water partition coefficient (Wildman–Crippen LogP) is 3.28. The molecule has 0 aliphatic carbocycles. The Morgan fingerprint density at radius 2 is 2.00 bits per heavy atom. The highest BCUT2D eigenvalue weighted by Crippen LogP contribution is 2.29. The minimum absolute atomic E-state index is 0.00755. The summed E-state index contributed by atoms with van der Waals surface area (Å²) in [4.78, 5) is 0. The summed E-state index contributed by atoms with van der Waals surface area (Å²) in [6.07, 6.45) is 0.748. The lowest BCUT2D eigenvalue weighted by Gasteiger charge is -2.36. The molecule has 0 aliphatic heterocycles. The van der Waals surface area contributed by atoms with Crippen LogP contribution >= 0.6 is 15.9 Å². The van der Waals surface area contributed by atoms with Gasteiger partial charge in [-0.3, -0.25) is 11.3 Å². The van der Waals surface area contributed by atoms with E-state index in [9.17, 15) is 0 Å². The first-order valence-electron chi connectivity index (χ1n) is 7.23. The number of hydrogen-bond acceptors (Lipinski definition) is 4. The highest BCUT2D eigenvalue weighted by atomic mass is 79.9. The number of rotatable bonds is 7. The summed E-state index contributed by atoms with van der Waals surface area (Å²) in [7, 11) is 1.68. The summed E-state index contributed by atoms with van der Waals surface area (Å²) in [5, 5.41) is 0. The molecular formula is C16H27BrN2O2. The lowest BCUT2D eigenvalue weighted by molar-refractivity contribution is -0.0357. The van der Waals surface area contributed by atoms with Crippen LogP contribution in [-0.2, 0) is 11.2 Å². The molecule has 0 saturated carbocycles. The summed E-state index contributed by atoms with van der Waals surface area (Å²) < 4.78 is 12.4. The van der Waals surface area contributed by atoms with Crippen LogP contribution in [0, 0.1) is 5.41 Å². The van der Waals surface area contributed by atoms with Gasteiger partial charge in [-0.25, -0.2) is 0 Å². The van der Waals surface area contributed by atoms with Crippen LogP contribution in [0.5, 0.6) is 5.75 Å². The van der Waals surface area contributed by atoms with Crippen molar-refractivity contribution in [2.75, 3.05) is 13.7 Å². The predicted molar refractivity (Wildman–Crippen MR) is 90.4 cm³/mol. The zero-order valence-electron chi connectivity index (χ0n) is 13.6. The Morgan fingerprint density at radius 3 is 2.48 bits per heavy atom. The lowest BCUT2D eigenvalue weighted by atomic mass is 9.82. The summed E-state index contributed by atoms with van der Waals surface area (Å²) in [5.74, 6) is 6.66. The Bertz CT molecular complexity index is 446. The Kier molecular flexibility index (Phi) is 7.13. The van der Waals surface area contributed by atoms with Gasteiger partial charge >= 0.3 is 0 Å². The van der Waals surface area contributed by atoms with E-state index in [0.29, 0.717) is 6.61 Å². The Morgan fingerprint density at radius 1 is 1.33 bits per heavy atom. The van der Waals surface area contributed by atoms with Crippen molar-refractivity contribution >= 4 is 15.9 Å². The average Bonchev–Trinajstić information content (AvgIpc) is 2.41. The highest BCUT2D eigenvalue weighted by Gasteiger charge is 2.33. The molecule has 2 unspecified atom stereocenters. The molecule has 0 saturated heterocycles. The molecule has 0 fully saturated rings. The van der Waals surface area contributed by atoms with Crippen molar-refractivity contribution in [1.29, 1.82) is 0 Å². The minimum atomic E-state index is -0.00764. The van der Waals surface area contributed by atoms with E-state index in [-0.39, 0.29) is 17.6 Å². The first-order valence-corrected chi connectivity index (χ1v) is 8.03. The molecule has 120 valence electrons. The molecule has 1 aromatic carbocycles. The van der Waals surface area contributed by atoms with Crippen LogP contribution in [0.1, 0.15) is 33.3 Å². The molecule has 0 spiro atoms. The number of benzene rings is 1. The fraction of sp³-hybridized carbons (Fsp3) is 0.625. The van der Waals surface area contributed by atoms with E-state index < -0.39 is 0 Å². The number of ether oxygens (including phenoxy) is 2. The standard InChI is InChI=1S/C16H27BrN2O2/c1-6-21-15(16(2,3)4)13(19-18)10-11-9-12(17)7-8-14(11)20-5/h7-9,13,15,19H,6,10,18H2,1-5H3. The van der Waals surface area contributed by atoms with Crippen LogP contribution in [0.25, 0.3) is 0 Å². The van der Waals surface area contributed by atoms with Crippen molar-refractivity contribution in [3.63, 3.8) is 0 Å². The van der Waals surface area contributed by atoms with Gasteiger partial charge in [-0.1, -0.05) is 36.7 Å². The zero-order chi connectivity index (χ0) is 16.0. The number of nitrogens with two attached hydrogens (primary N) is 1. The van der Waals surface area contributed by atoms with Crippen molar-refractivity contribution in [2.24, 2.45) is 11.3 Å². The lowest BCUT2D eigenvalue weighted by Crippen LogP contribution is -2.52. The van der Waals surface area contributed by atoms with Gasteiger partial charge in [0.15, 0.2) is 0 Å². The molecule has 0 bridgehead atoms. The van der Waals surface area contributed by atoms with Crippen LogP contribution in [0.15, 0.2) is 22.7 Å². The van der Waals surface area contributed by atoms with Crippen molar-refractivity contribution in [1.82, 2.24) is 5.43 Å². The number of hydrazine groups is 1. The maximum absolute atomic E-state index is 5.94. The fourth-order valence-corrected chi connectivity index (χ4v) is 2.95. The first kappa shape index (κ1) is 18.4. The van der Waals surface area contributed by atoms with E-state index in [1.165, 1.54) is 0 Å². The van der Waals surface area contributed by atoms with Crippen molar-refractivity contribution < 1.29 is 9.47 Å². The van der Waals surface area contributed by atoms with Crippen LogP contribution in [0.4, 0.5) is 0 Å². The maximum Gasteiger partial charge on any atom is 0.122 e. The van der Waals surface area contributed by atoms with Crippen molar-refractivity contribution in [2.45, 2.75) is 46.3 Å². The molecule has 0 heterocycles. The molecule has 4 nitrogen and oxygen atoms in total. The zero-order valence-corrected chi connectivity index (χ0v) is 15.2. The van der Waals surface area contributed by atoms with Gasteiger partial charge in [-0.05, 0) is 42.5 Å². The minimum Gasteiger partial charge on any atom is -0.496 e. The summed E-state index contributed by atoms with van der Waals surface area (Å²) in [6, 6.07) is 6.00. The van der Waals surface area contributed by atoms with E-state index in [1.807, 2.05) is 19.1 Å². The van der Waals surface area contributed by atoms with Crippen molar-refractivity contribution in [3.8, 4) is 5.75 Å². The van der Waals surface area contributed by atoms with Gasteiger partial charge in [0.1, 0.15) is 5.75 Å². The van der Waals surface area contributed by atoms with Crippen LogP contribution in [0.2, 0.25) is 0 Å². The third kappa shape index (κ3) is 5.25. The third-order valence-electron chi connectivity index (χ3n) is 3.46. The molecule has 5 heteroatoms. The molecule has 1 aromatic rings. The maximum atomic E-state index is 5.94. The normalized spacial score (nSPS) is 14.8. The molecular weight excluding hydrogens is 332 g/mol. The van der Waals surface area contributed by atoms with E-state index in [0.717, 1.165) is 22.2 Å².